The quantitative estimate of drug-likeness (QED) is 0.397. The zero-order chi connectivity index (χ0) is 27.8. The van der Waals surface area contributed by atoms with Crippen LogP contribution in [0.25, 0.3) is 11.0 Å². The van der Waals surface area contributed by atoms with Crippen LogP contribution in [-0.4, -0.2) is 61.9 Å². The number of hydrogen-bond donors (Lipinski definition) is 2. The molecule has 1 aromatic carbocycles. The van der Waals surface area contributed by atoms with Crippen molar-refractivity contribution < 1.29 is 19.5 Å². The van der Waals surface area contributed by atoms with Gasteiger partial charge in [0.05, 0.1) is 11.0 Å². The van der Waals surface area contributed by atoms with Gasteiger partial charge in [-0.3, -0.25) is 14.5 Å². The summed E-state index contributed by atoms with van der Waals surface area (Å²) in [5.41, 5.74) is 4.89. The van der Waals surface area contributed by atoms with Crippen LogP contribution in [0.3, 0.4) is 0 Å². The molecule has 1 amide bonds. The largest absolute Gasteiger partial charge is 0.476 e. The standard InChI is InChI=1S/C30H39N5O5/c31-26(36)17-40-33-28(30(38)39)27-29(37)35(25-11-4-3-10-24(25)32-27)23-15-20-8-5-9-21(16-23)34(20)22-13-18-6-1-2-7-19(12-18)14-22/h3-4,10-11,18-23H,1-2,5-9,12-17H2,(H2,31,36)(H,38,39)/b33-28-/t18?,19?,20-,21+,22?,23+. The number of benzene rings is 1. The minimum Gasteiger partial charge on any atom is -0.476 e. The number of nitrogens with two attached hydrogens (primary N) is 1. The summed E-state index contributed by atoms with van der Waals surface area (Å²) in [6.45, 7) is -0.594. The molecule has 10 heteroatoms. The maximum Gasteiger partial charge on any atom is 0.360 e. The van der Waals surface area contributed by atoms with Crippen LogP contribution in [0.15, 0.2) is 34.2 Å². The second-order valence-corrected chi connectivity index (χ2v) is 12.3. The lowest BCUT2D eigenvalue weighted by Crippen LogP contribution is -2.58. The predicted molar refractivity (Wildman–Crippen MR) is 150 cm³/mol. The summed E-state index contributed by atoms with van der Waals surface area (Å²) in [4.78, 5) is 49.3. The zero-order valence-corrected chi connectivity index (χ0v) is 22.9. The van der Waals surface area contributed by atoms with Crippen LogP contribution >= 0.6 is 0 Å². The highest BCUT2D eigenvalue weighted by Gasteiger charge is 2.45. The minimum atomic E-state index is -1.46. The number of carbonyl (C=O) groups is 2. The van der Waals surface area contributed by atoms with Gasteiger partial charge in [0.25, 0.3) is 11.5 Å². The normalized spacial score (nSPS) is 30.9. The maximum atomic E-state index is 14.0. The van der Waals surface area contributed by atoms with Crippen LogP contribution in [0.1, 0.15) is 88.8 Å². The van der Waals surface area contributed by atoms with E-state index in [1.807, 2.05) is 18.2 Å². The third-order valence-electron chi connectivity index (χ3n) is 9.73. The Morgan fingerprint density at radius 3 is 2.25 bits per heavy atom. The van der Waals surface area contributed by atoms with Gasteiger partial charge in [-0.1, -0.05) is 49.4 Å². The lowest BCUT2D eigenvalue weighted by atomic mass is 9.73. The van der Waals surface area contributed by atoms with Crippen LogP contribution < -0.4 is 11.3 Å². The van der Waals surface area contributed by atoms with Crippen LogP contribution in [0.5, 0.6) is 0 Å². The molecule has 2 unspecified atom stereocenters. The van der Waals surface area contributed by atoms with Crippen molar-refractivity contribution in [2.75, 3.05) is 6.61 Å². The smallest absolute Gasteiger partial charge is 0.360 e. The second kappa shape index (κ2) is 11.3. The molecular formula is C30H39N5O5. The molecule has 6 rings (SSSR count). The number of carboxylic acid groups (broad SMARTS) is 1. The molecule has 214 valence electrons. The summed E-state index contributed by atoms with van der Waals surface area (Å²) >= 11 is 0. The number of para-hydroxylation sites is 2. The van der Waals surface area contributed by atoms with Gasteiger partial charge in [0.2, 0.25) is 5.71 Å². The molecule has 2 saturated heterocycles. The lowest BCUT2D eigenvalue weighted by molar-refractivity contribution is -0.130. The first-order chi connectivity index (χ1) is 19.4. The van der Waals surface area contributed by atoms with Crippen LogP contribution in [0.4, 0.5) is 0 Å². The van der Waals surface area contributed by atoms with Crippen molar-refractivity contribution >= 4 is 28.6 Å². The van der Waals surface area contributed by atoms with Gasteiger partial charge in [0.15, 0.2) is 12.3 Å². The highest BCUT2D eigenvalue weighted by Crippen LogP contribution is 2.47. The Balaban J connectivity index is 1.35. The molecule has 2 aliphatic heterocycles. The van der Waals surface area contributed by atoms with E-state index in [2.05, 4.69) is 15.0 Å². The number of rotatable bonds is 7. The summed E-state index contributed by atoms with van der Waals surface area (Å²) in [5.74, 6) is -0.552. The Hall–Kier alpha value is -3.27. The van der Waals surface area contributed by atoms with E-state index >= 15 is 0 Å². The van der Waals surface area contributed by atoms with Gasteiger partial charge >= 0.3 is 5.97 Å². The first-order valence-electron chi connectivity index (χ1n) is 14.9. The molecular weight excluding hydrogens is 510 g/mol. The van der Waals surface area contributed by atoms with Gasteiger partial charge < -0.3 is 20.2 Å². The number of primary amides is 1. The van der Waals surface area contributed by atoms with Crippen molar-refractivity contribution in [3.63, 3.8) is 0 Å². The summed E-state index contributed by atoms with van der Waals surface area (Å²) < 4.78 is 1.76. The van der Waals surface area contributed by atoms with Crippen molar-refractivity contribution in [1.29, 1.82) is 0 Å². The molecule has 40 heavy (non-hydrogen) atoms. The first-order valence-corrected chi connectivity index (χ1v) is 14.9. The van der Waals surface area contributed by atoms with Crippen LogP contribution in [-0.2, 0) is 14.4 Å². The van der Waals surface area contributed by atoms with E-state index in [1.165, 1.54) is 51.4 Å². The molecule has 2 aromatic rings. The van der Waals surface area contributed by atoms with E-state index in [0.29, 0.717) is 29.2 Å². The molecule has 10 nitrogen and oxygen atoms in total. The molecule has 2 aliphatic carbocycles. The average molecular weight is 550 g/mol. The van der Waals surface area contributed by atoms with E-state index in [9.17, 15) is 19.5 Å². The molecule has 3 N–H and O–H groups in total. The number of piperidine rings is 2. The molecule has 4 aliphatic rings. The Labute approximate surface area is 233 Å². The van der Waals surface area contributed by atoms with Gasteiger partial charge in [-0.25, -0.2) is 9.78 Å². The molecule has 4 fully saturated rings. The predicted octanol–water partition coefficient (Wildman–Crippen LogP) is 3.60. The van der Waals surface area contributed by atoms with Gasteiger partial charge in [-0.05, 0) is 68.9 Å². The maximum absolute atomic E-state index is 14.0. The molecule has 2 saturated carbocycles. The number of amides is 1. The van der Waals surface area contributed by atoms with E-state index in [0.717, 1.165) is 37.5 Å². The Kier molecular flexibility index (Phi) is 7.61. The van der Waals surface area contributed by atoms with Crippen LogP contribution in [0.2, 0.25) is 0 Å². The Morgan fingerprint density at radius 1 is 0.925 bits per heavy atom. The van der Waals surface area contributed by atoms with Crippen molar-refractivity contribution in [2.24, 2.45) is 22.7 Å². The zero-order valence-electron chi connectivity index (χ0n) is 22.9. The van der Waals surface area contributed by atoms with Crippen molar-refractivity contribution in [2.45, 2.75) is 101 Å². The van der Waals surface area contributed by atoms with Gasteiger partial charge in [-0.15, -0.1) is 0 Å². The van der Waals surface area contributed by atoms with E-state index in [1.54, 1.807) is 10.6 Å². The number of oxime groups is 1. The van der Waals surface area contributed by atoms with Gasteiger partial charge in [0, 0.05) is 24.2 Å². The third-order valence-corrected chi connectivity index (χ3v) is 9.73. The number of fused-ring (bicyclic) bond motifs is 5. The summed E-state index contributed by atoms with van der Waals surface area (Å²) in [7, 11) is 0. The van der Waals surface area contributed by atoms with Crippen molar-refractivity contribution in [3.8, 4) is 0 Å². The lowest BCUT2D eigenvalue weighted by Gasteiger charge is -2.54. The average Bonchev–Trinajstić information content (AvgIpc) is 3.09. The number of carbonyl (C=O) groups excluding carboxylic acids is 1. The number of aliphatic carboxylic acids is 1. The Bertz CT molecular complexity index is 1340. The number of carboxylic acids is 1. The number of aromatic nitrogens is 2. The first kappa shape index (κ1) is 26.9. The summed E-state index contributed by atoms with van der Waals surface area (Å²) in [6, 6.07) is 8.73. The molecule has 0 radical (unpaired) electrons. The van der Waals surface area contributed by atoms with E-state index in [-0.39, 0.29) is 11.7 Å². The highest BCUT2D eigenvalue weighted by atomic mass is 16.6. The third kappa shape index (κ3) is 5.25. The molecule has 3 heterocycles. The van der Waals surface area contributed by atoms with E-state index < -0.39 is 29.8 Å². The molecule has 0 spiro atoms. The number of hydrogen-bond acceptors (Lipinski definition) is 7. The fourth-order valence-electron chi connectivity index (χ4n) is 8.32. The molecule has 1 aromatic heterocycles. The minimum absolute atomic E-state index is 0.0712. The Morgan fingerprint density at radius 2 is 1.60 bits per heavy atom. The molecule has 5 atom stereocenters. The SMILES string of the molecule is NC(=O)CO/N=C(\C(=O)O)c1nc2ccccc2n([C@H]2C[C@H]3CCC[C@@H](C2)N3C2CC3CCCCC(C3)C2)c1=O. The van der Waals surface area contributed by atoms with Crippen molar-refractivity contribution in [3.05, 3.63) is 40.3 Å². The topological polar surface area (TPSA) is 140 Å². The van der Waals surface area contributed by atoms with E-state index in [4.69, 9.17) is 10.6 Å². The fourth-order valence-corrected chi connectivity index (χ4v) is 8.32. The van der Waals surface area contributed by atoms with Crippen LogP contribution in [0, 0.1) is 11.8 Å². The van der Waals surface area contributed by atoms with Gasteiger partial charge in [-0.2, -0.15) is 0 Å². The van der Waals surface area contributed by atoms with Gasteiger partial charge in [0.1, 0.15) is 0 Å². The monoisotopic (exact) mass is 549 g/mol. The second-order valence-electron chi connectivity index (χ2n) is 12.3. The van der Waals surface area contributed by atoms with Crippen molar-refractivity contribution in [1.82, 2.24) is 14.5 Å². The molecule has 4 bridgehead atoms. The highest BCUT2D eigenvalue weighted by molar-refractivity contribution is 6.41. The number of nitrogens with zero attached hydrogens (tertiary/aromatic N) is 4. The fraction of sp³-hybridized carbons (Fsp3) is 0.633. The summed E-state index contributed by atoms with van der Waals surface area (Å²) in [5, 5.41) is 13.5. The summed E-state index contributed by atoms with van der Waals surface area (Å²) in [6.07, 6.45) is 14.7.